The lowest BCUT2D eigenvalue weighted by molar-refractivity contribution is 0.846. The molecule has 0 heterocycles. The average Bonchev–Trinajstić information content (AvgIpc) is 2.20. The molecule has 1 rings (SSSR count). The summed E-state index contributed by atoms with van der Waals surface area (Å²) in [6.45, 7) is 7.18. The van der Waals surface area contributed by atoms with E-state index in [0.717, 1.165) is 18.7 Å². The fraction of sp³-hybridized carbons (Fsp3) is 0.417. The zero-order valence-corrected chi connectivity index (χ0v) is 10.4. The Bertz CT molecular complexity index is 347. The summed E-state index contributed by atoms with van der Waals surface area (Å²) in [5.41, 5.74) is 3.53. The van der Waals surface area contributed by atoms with Gasteiger partial charge >= 0.3 is 0 Å². The van der Waals surface area contributed by atoms with Crippen LogP contribution in [0.5, 0.6) is 0 Å². The molecule has 1 aromatic carbocycles. The number of thiocarbonyl (C=S) groups is 1. The summed E-state index contributed by atoms with van der Waals surface area (Å²) in [5, 5.41) is 7.05. The Labute approximate surface area is 97.1 Å². The molecule has 2 N–H and O–H groups in total. The largest absolute Gasteiger partial charge is 0.362 e. The lowest BCUT2D eigenvalue weighted by Gasteiger charge is -2.12. The van der Waals surface area contributed by atoms with Crippen LogP contribution in [0.1, 0.15) is 24.5 Å². The van der Waals surface area contributed by atoms with Crippen molar-refractivity contribution < 1.29 is 0 Å². The summed E-state index contributed by atoms with van der Waals surface area (Å²) in [5.74, 6) is 0. The maximum Gasteiger partial charge on any atom is 0.170 e. The normalized spacial score (nSPS) is 9.80. The number of hydrogen-bond donors (Lipinski definition) is 2. The summed E-state index contributed by atoms with van der Waals surface area (Å²) in [6, 6.07) is 6.30. The molecule has 3 heteroatoms. The summed E-state index contributed by atoms with van der Waals surface area (Å²) in [4.78, 5) is 0. The second kappa shape index (κ2) is 5.71. The molecule has 0 atom stereocenters. The number of aryl methyl sites for hydroxylation is 2. The van der Waals surface area contributed by atoms with E-state index in [-0.39, 0.29) is 0 Å². The van der Waals surface area contributed by atoms with Gasteiger partial charge in [-0.1, -0.05) is 19.1 Å². The smallest absolute Gasteiger partial charge is 0.170 e. The van der Waals surface area contributed by atoms with Crippen molar-refractivity contribution in [3.8, 4) is 0 Å². The van der Waals surface area contributed by atoms with E-state index in [9.17, 15) is 0 Å². The molecule has 0 aliphatic heterocycles. The number of hydrogen-bond acceptors (Lipinski definition) is 1. The van der Waals surface area contributed by atoms with Gasteiger partial charge in [0.1, 0.15) is 0 Å². The van der Waals surface area contributed by atoms with Crippen LogP contribution in [0, 0.1) is 13.8 Å². The second-order valence-electron chi connectivity index (χ2n) is 3.70. The molecular formula is C12H18N2S. The minimum absolute atomic E-state index is 0.700. The van der Waals surface area contributed by atoms with Crippen LogP contribution in [-0.4, -0.2) is 11.7 Å². The Kier molecular flexibility index (Phi) is 4.56. The molecule has 0 fully saturated rings. The van der Waals surface area contributed by atoms with Crippen LogP contribution >= 0.6 is 12.2 Å². The standard InChI is InChI=1S/C12H18N2S/c1-4-7-13-12(15)14-11-8-9(2)5-6-10(11)3/h5-6,8H,4,7H2,1-3H3,(H2,13,14,15). The number of benzene rings is 1. The molecule has 0 amide bonds. The van der Waals surface area contributed by atoms with E-state index in [0.29, 0.717) is 5.11 Å². The number of anilines is 1. The zero-order chi connectivity index (χ0) is 11.3. The van der Waals surface area contributed by atoms with Crippen molar-refractivity contribution >= 4 is 23.0 Å². The van der Waals surface area contributed by atoms with Gasteiger partial charge in [-0.3, -0.25) is 0 Å². The molecule has 0 unspecified atom stereocenters. The predicted molar refractivity (Wildman–Crippen MR) is 70.4 cm³/mol. The predicted octanol–water partition coefficient (Wildman–Crippen LogP) is 3.00. The Hall–Kier alpha value is -1.09. The minimum Gasteiger partial charge on any atom is -0.362 e. The highest BCUT2D eigenvalue weighted by atomic mass is 32.1. The first-order valence-electron chi connectivity index (χ1n) is 5.25. The minimum atomic E-state index is 0.700. The average molecular weight is 222 g/mol. The molecule has 0 spiro atoms. The summed E-state index contributed by atoms with van der Waals surface area (Å²) < 4.78 is 0. The van der Waals surface area contributed by atoms with Crippen LogP contribution in [0.3, 0.4) is 0 Å². The van der Waals surface area contributed by atoms with Gasteiger partial charge in [0.05, 0.1) is 0 Å². The summed E-state index contributed by atoms with van der Waals surface area (Å²) in [7, 11) is 0. The lowest BCUT2D eigenvalue weighted by atomic mass is 10.1. The molecule has 82 valence electrons. The molecule has 0 aliphatic carbocycles. The first-order chi connectivity index (χ1) is 7.13. The van der Waals surface area contributed by atoms with Crippen molar-refractivity contribution in [3.63, 3.8) is 0 Å². The SMILES string of the molecule is CCCNC(=S)Nc1cc(C)ccc1C. The maximum absolute atomic E-state index is 5.18. The van der Waals surface area contributed by atoms with Crippen molar-refractivity contribution in [1.82, 2.24) is 5.32 Å². The van der Waals surface area contributed by atoms with E-state index >= 15 is 0 Å². The van der Waals surface area contributed by atoms with Crippen LogP contribution in [0.2, 0.25) is 0 Å². The monoisotopic (exact) mass is 222 g/mol. The molecule has 0 radical (unpaired) electrons. The van der Waals surface area contributed by atoms with Crippen molar-refractivity contribution in [2.75, 3.05) is 11.9 Å². The molecule has 0 aliphatic rings. The molecule has 1 aromatic rings. The van der Waals surface area contributed by atoms with Crippen molar-refractivity contribution in [2.24, 2.45) is 0 Å². The van der Waals surface area contributed by atoms with E-state index in [1.54, 1.807) is 0 Å². The van der Waals surface area contributed by atoms with E-state index in [4.69, 9.17) is 12.2 Å². The zero-order valence-electron chi connectivity index (χ0n) is 9.55. The highest BCUT2D eigenvalue weighted by Gasteiger charge is 2.00. The van der Waals surface area contributed by atoms with Crippen molar-refractivity contribution in [1.29, 1.82) is 0 Å². The fourth-order valence-electron chi connectivity index (χ4n) is 1.28. The topological polar surface area (TPSA) is 24.1 Å². The molecule has 0 aromatic heterocycles. The van der Waals surface area contributed by atoms with Gasteiger partial charge in [0.2, 0.25) is 0 Å². The third-order valence-corrected chi connectivity index (χ3v) is 2.42. The van der Waals surface area contributed by atoms with Gasteiger partial charge in [-0.15, -0.1) is 0 Å². The highest BCUT2D eigenvalue weighted by molar-refractivity contribution is 7.80. The van der Waals surface area contributed by atoms with Gasteiger partial charge in [0, 0.05) is 12.2 Å². The third-order valence-electron chi connectivity index (χ3n) is 2.18. The first kappa shape index (κ1) is 12.0. The van der Waals surface area contributed by atoms with Gasteiger partial charge in [0.25, 0.3) is 0 Å². The summed E-state index contributed by atoms with van der Waals surface area (Å²) >= 11 is 5.18. The highest BCUT2D eigenvalue weighted by Crippen LogP contribution is 2.15. The summed E-state index contributed by atoms with van der Waals surface area (Å²) in [6.07, 6.45) is 1.08. The van der Waals surface area contributed by atoms with Crippen LogP contribution in [-0.2, 0) is 0 Å². The van der Waals surface area contributed by atoms with Crippen LogP contribution < -0.4 is 10.6 Å². The van der Waals surface area contributed by atoms with Crippen LogP contribution in [0.4, 0.5) is 5.69 Å². The molecule has 0 saturated heterocycles. The van der Waals surface area contributed by atoms with E-state index in [1.165, 1.54) is 11.1 Å². The van der Waals surface area contributed by atoms with Crippen molar-refractivity contribution in [2.45, 2.75) is 27.2 Å². The molecule has 0 saturated carbocycles. The fourth-order valence-corrected chi connectivity index (χ4v) is 1.49. The molecule has 0 bridgehead atoms. The van der Waals surface area contributed by atoms with Crippen LogP contribution in [0.25, 0.3) is 0 Å². The lowest BCUT2D eigenvalue weighted by Crippen LogP contribution is -2.29. The van der Waals surface area contributed by atoms with Gasteiger partial charge < -0.3 is 10.6 Å². The molecular weight excluding hydrogens is 204 g/mol. The Morgan fingerprint density at radius 2 is 2.07 bits per heavy atom. The second-order valence-corrected chi connectivity index (χ2v) is 4.11. The quantitative estimate of drug-likeness (QED) is 0.769. The van der Waals surface area contributed by atoms with Gasteiger partial charge in [-0.25, -0.2) is 0 Å². The molecule has 15 heavy (non-hydrogen) atoms. The Morgan fingerprint density at radius 1 is 1.33 bits per heavy atom. The van der Waals surface area contributed by atoms with E-state index in [2.05, 4.69) is 49.6 Å². The van der Waals surface area contributed by atoms with Crippen molar-refractivity contribution in [3.05, 3.63) is 29.3 Å². The maximum atomic E-state index is 5.18. The first-order valence-corrected chi connectivity index (χ1v) is 5.66. The van der Waals surface area contributed by atoms with Gasteiger partial charge in [-0.2, -0.15) is 0 Å². The Morgan fingerprint density at radius 3 is 2.73 bits per heavy atom. The Balaban J connectivity index is 2.63. The van der Waals surface area contributed by atoms with Gasteiger partial charge in [0.15, 0.2) is 5.11 Å². The van der Waals surface area contributed by atoms with E-state index < -0.39 is 0 Å². The number of nitrogens with one attached hydrogen (secondary N) is 2. The molecule has 2 nitrogen and oxygen atoms in total. The van der Waals surface area contributed by atoms with Gasteiger partial charge in [-0.05, 0) is 49.7 Å². The van der Waals surface area contributed by atoms with E-state index in [1.807, 2.05) is 0 Å². The van der Waals surface area contributed by atoms with Crippen LogP contribution in [0.15, 0.2) is 18.2 Å². The number of rotatable bonds is 3. The third kappa shape index (κ3) is 3.88.